The maximum Gasteiger partial charge on any atom is 0.153 e. The summed E-state index contributed by atoms with van der Waals surface area (Å²) in [6, 6.07) is 11.6. The lowest BCUT2D eigenvalue weighted by Crippen LogP contribution is -2.05. The van der Waals surface area contributed by atoms with Crippen molar-refractivity contribution in [2.24, 2.45) is 0 Å². The Morgan fingerprint density at radius 2 is 1.54 bits per heavy atom. The van der Waals surface area contributed by atoms with E-state index >= 15 is 0 Å². The van der Waals surface area contributed by atoms with Crippen LogP contribution in [-0.2, 0) is 6.54 Å². The van der Waals surface area contributed by atoms with Crippen molar-refractivity contribution in [3.63, 3.8) is 0 Å². The normalized spacial score (nSPS) is 10.3. The molecule has 0 spiro atoms. The predicted octanol–water partition coefficient (Wildman–Crippen LogP) is 6.34. The molecule has 7 heteroatoms. The number of rotatable bonds is 3. The molecule has 4 rings (SSSR count). The number of carbonyl (C=O) groups is 1. The van der Waals surface area contributed by atoms with Crippen molar-refractivity contribution in [1.82, 2.24) is 5.32 Å². The Hall–Kier alpha value is -1.60. The van der Waals surface area contributed by atoms with Crippen molar-refractivity contribution < 1.29 is 13.6 Å². The smallest absolute Gasteiger partial charge is 0.153 e. The molecule has 2 aromatic heterocycles. The number of halogens is 3. The van der Waals surface area contributed by atoms with E-state index < -0.39 is 0 Å². The molecule has 0 amide bonds. The highest BCUT2D eigenvalue weighted by molar-refractivity contribution is 9.10. The van der Waals surface area contributed by atoms with Gasteiger partial charge in [-0.05, 0) is 43.4 Å². The summed E-state index contributed by atoms with van der Waals surface area (Å²) in [6.45, 7) is 0.823. The molecule has 0 aliphatic heterocycles. The van der Waals surface area contributed by atoms with Crippen molar-refractivity contribution in [2.45, 2.75) is 6.54 Å². The minimum absolute atomic E-state index is 0. The second-order valence-electron chi connectivity index (χ2n) is 5.39. The maximum atomic E-state index is 10.6. The summed E-state index contributed by atoms with van der Waals surface area (Å²) in [7, 11) is 1.93. The van der Waals surface area contributed by atoms with Crippen LogP contribution < -0.4 is 5.32 Å². The average molecular weight is 502 g/mol. The van der Waals surface area contributed by atoms with Crippen LogP contribution in [0.5, 0.6) is 0 Å². The molecule has 136 valence electrons. The number of benzene rings is 2. The van der Waals surface area contributed by atoms with Crippen LogP contribution in [0.15, 0.2) is 66.7 Å². The second kappa shape index (κ2) is 9.37. The first kappa shape index (κ1) is 20.7. The molecular formula is C19H16Br2ClNO3. The number of nitrogens with one attached hydrogen (secondary N) is 1. The van der Waals surface area contributed by atoms with Crippen LogP contribution >= 0.6 is 44.3 Å². The van der Waals surface area contributed by atoms with Crippen LogP contribution in [-0.4, -0.2) is 13.3 Å². The highest BCUT2D eigenvalue weighted by atomic mass is 79.9. The Bertz CT molecular complexity index is 1030. The van der Waals surface area contributed by atoms with E-state index in [0.717, 1.165) is 38.1 Å². The predicted molar refractivity (Wildman–Crippen MR) is 113 cm³/mol. The highest BCUT2D eigenvalue weighted by Gasteiger charge is 2.05. The Morgan fingerprint density at radius 3 is 2.15 bits per heavy atom. The zero-order valence-corrected chi connectivity index (χ0v) is 17.8. The maximum absolute atomic E-state index is 10.6. The van der Waals surface area contributed by atoms with Crippen molar-refractivity contribution in [1.29, 1.82) is 0 Å². The van der Waals surface area contributed by atoms with Crippen LogP contribution in [0.3, 0.4) is 0 Å². The van der Waals surface area contributed by atoms with Gasteiger partial charge in [-0.15, -0.1) is 12.4 Å². The minimum Gasteiger partial charge on any atom is -0.464 e. The molecule has 0 radical (unpaired) electrons. The second-order valence-corrected chi connectivity index (χ2v) is 7.22. The Morgan fingerprint density at radius 1 is 0.962 bits per heavy atom. The molecule has 0 bridgehead atoms. The van der Waals surface area contributed by atoms with E-state index in [0.29, 0.717) is 11.1 Å². The van der Waals surface area contributed by atoms with Crippen molar-refractivity contribution in [2.75, 3.05) is 7.05 Å². The van der Waals surface area contributed by atoms with Gasteiger partial charge in [0.15, 0.2) is 6.29 Å². The van der Waals surface area contributed by atoms with Gasteiger partial charge in [-0.25, -0.2) is 0 Å². The standard InChI is InChI=1S/C10H10BrNO.C9H5BrO2.ClH/c1-12-6-8-5-9(11)4-7-2-3-13-10(7)8;10-8-3-6-1-2-12-9(6)7(4-8)5-11;/h2-5,12H,6H2,1H3;1-5H;1H. The highest BCUT2D eigenvalue weighted by Crippen LogP contribution is 2.25. The van der Waals surface area contributed by atoms with Crippen LogP contribution in [0, 0.1) is 0 Å². The minimum atomic E-state index is 0. The molecule has 0 aliphatic rings. The summed E-state index contributed by atoms with van der Waals surface area (Å²) in [5.41, 5.74) is 3.37. The Kier molecular flexibility index (Phi) is 7.46. The van der Waals surface area contributed by atoms with Gasteiger partial charge in [0.1, 0.15) is 11.2 Å². The summed E-state index contributed by atoms with van der Waals surface area (Å²) >= 11 is 6.78. The van der Waals surface area contributed by atoms with Gasteiger partial charge in [0.25, 0.3) is 0 Å². The van der Waals surface area contributed by atoms with Gasteiger partial charge in [-0.3, -0.25) is 4.79 Å². The number of fused-ring (bicyclic) bond motifs is 2. The Labute approximate surface area is 173 Å². The number of furan rings is 2. The quantitative estimate of drug-likeness (QED) is 0.333. The monoisotopic (exact) mass is 499 g/mol. The fourth-order valence-corrected chi connectivity index (χ4v) is 3.61. The molecule has 2 aromatic carbocycles. The first-order chi connectivity index (χ1) is 12.1. The molecule has 0 saturated heterocycles. The summed E-state index contributed by atoms with van der Waals surface area (Å²) in [6.07, 6.45) is 4.08. The molecule has 0 unspecified atom stereocenters. The van der Waals surface area contributed by atoms with Gasteiger partial charge in [0.2, 0.25) is 0 Å². The van der Waals surface area contributed by atoms with Crippen LogP contribution in [0.4, 0.5) is 0 Å². The van der Waals surface area contributed by atoms with Gasteiger partial charge in [0, 0.05) is 31.8 Å². The van der Waals surface area contributed by atoms with Gasteiger partial charge < -0.3 is 14.2 Å². The molecule has 2 heterocycles. The summed E-state index contributed by atoms with van der Waals surface area (Å²) in [4.78, 5) is 10.6. The van der Waals surface area contributed by atoms with Gasteiger partial charge in [0.05, 0.1) is 18.1 Å². The summed E-state index contributed by atoms with van der Waals surface area (Å²) in [5.74, 6) is 0. The number of carbonyl (C=O) groups excluding carboxylic acids is 1. The topological polar surface area (TPSA) is 55.4 Å². The lowest BCUT2D eigenvalue weighted by molar-refractivity contribution is 0.112. The third kappa shape index (κ3) is 4.57. The molecule has 0 saturated carbocycles. The first-order valence-corrected chi connectivity index (χ1v) is 9.13. The number of hydrogen-bond donors (Lipinski definition) is 1. The van der Waals surface area contributed by atoms with Gasteiger partial charge >= 0.3 is 0 Å². The zero-order valence-electron chi connectivity index (χ0n) is 13.8. The molecule has 0 aliphatic carbocycles. The number of aldehydes is 1. The van der Waals surface area contributed by atoms with E-state index in [2.05, 4.69) is 49.3 Å². The van der Waals surface area contributed by atoms with Crippen molar-refractivity contribution in [3.8, 4) is 0 Å². The summed E-state index contributed by atoms with van der Waals surface area (Å²) < 4.78 is 12.5. The third-order valence-corrected chi connectivity index (χ3v) is 4.55. The molecular weight excluding hydrogens is 485 g/mol. The van der Waals surface area contributed by atoms with Crippen LogP contribution in [0.2, 0.25) is 0 Å². The first-order valence-electron chi connectivity index (χ1n) is 7.54. The fraction of sp³-hybridized carbons (Fsp3) is 0.105. The lowest BCUT2D eigenvalue weighted by atomic mass is 10.1. The van der Waals surface area contributed by atoms with E-state index in [1.807, 2.05) is 25.2 Å². The SMILES string of the molecule is CNCc1cc(Br)cc2ccoc12.Cl.O=Cc1cc(Br)cc2ccoc12. The Balaban J connectivity index is 0.000000180. The van der Waals surface area contributed by atoms with Crippen molar-refractivity contribution >= 4 is 72.5 Å². The largest absolute Gasteiger partial charge is 0.464 e. The lowest BCUT2D eigenvalue weighted by Gasteiger charge is -2.01. The fourth-order valence-electron chi connectivity index (χ4n) is 2.60. The average Bonchev–Trinajstić information content (AvgIpc) is 3.23. The van der Waals surface area contributed by atoms with E-state index in [1.165, 1.54) is 5.56 Å². The van der Waals surface area contributed by atoms with E-state index in [-0.39, 0.29) is 12.4 Å². The van der Waals surface area contributed by atoms with Gasteiger partial charge in [-0.2, -0.15) is 0 Å². The molecule has 4 aromatic rings. The molecule has 0 fully saturated rings. The van der Waals surface area contributed by atoms with E-state index in [4.69, 9.17) is 8.83 Å². The molecule has 4 nitrogen and oxygen atoms in total. The molecule has 26 heavy (non-hydrogen) atoms. The van der Waals surface area contributed by atoms with Gasteiger partial charge in [-0.1, -0.05) is 31.9 Å². The molecule has 0 atom stereocenters. The van der Waals surface area contributed by atoms with E-state index in [9.17, 15) is 4.79 Å². The van der Waals surface area contributed by atoms with Crippen LogP contribution in [0.1, 0.15) is 15.9 Å². The third-order valence-electron chi connectivity index (χ3n) is 3.63. The van der Waals surface area contributed by atoms with Crippen LogP contribution in [0.25, 0.3) is 21.9 Å². The number of hydrogen-bond acceptors (Lipinski definition) is 4. The van der Waals surface area contributed by atoms with Crippen molar-refractivity contribution in [3.05, 3.63) is 69.0 Å². The van der Waals surface area contributed by atoms with E-state index in [1.54, 1.807) is 18.6 Å². The summed E-state index contributed by atoms with van der Waals surface area (Å²) in [5, 5.41) is 5.19. The molecule has 1 N–H and O–H groups in total. The zero-order chi connectivity index (χ0) is 17.8.